The number of nitrogens with zero attached hydrogens (tertiary/aromatic N) is 1. The van der Waals surface area contributed by atoms with Crippen molar-refractivity contribution >= 4 is 28.1 Å². The van der Waals surface area contributed by atoms with Crippen molar-refractivity contribution in [3.8, 4) is 11.1 Å². The molecule has 1 aromatic carbocycles. The van der Waals surface area contributed by atoms with E-state index in [9.17, 15) is 9.90 Å². The number of carbonyl (C=O) groups is 1. The second-order valence-corrected chi connectivity index (χ2v) is 9.86. The van der Waals surface area contributed by atoms with Gasteiger partial charge in [-0.25, -0.2) is 0 Å². The molecule has 0 aliphatic carbocycles. The maximum Gasteiger partial charge on any atom is 0.261 e. The van der Waals surface area contributed by atoms with Gasteiger partial charge in [0.2, 0.25) is 0 Å². The van der Waals surface area contributed by atoms with Crippen LogP contribution in [0.25, 0.3) is 22.0 Å². The number of carbonyl (C=O) groups excluding carboxylic acids is 1. The average molecular weight is 412 g/mol. The highest BCUT2D eigenvalue weighted by molar-refractivity contribution is 7.12. The zero-order chi connectivity index (χ0) is 20.6. The summed E-state index contributed by atoms with van der Waals surface area (Å²) in [5, 5.41) is 15.8. The van der Waals surface area contributed by atoms with Gasteiger partial charge in [0.05, 0.1) is 11.5 Å². The molecule has 154 valence electrons. The first kappa shape index (κ1) is 20.1. The highest BCUT2D eigenvalue weighted by atomic mass is 32.1. The van der Waals surface area contributed by atoms with Crippen LogP contribution in [0.3, 0.4) is 0 Å². The fraction of sp³-hybridized carbons (Fsp3) is 0.435. The number of nitrogens with one attached hydrogen (secondary N) is 2. The number of likely N-dealkylation sites (tertiary alicyclic amines) is 1. The number of benzene rings is 1. The summed E-state index contributed by atoms with van der Waals surface area (Å²) < 4.78 is 0. The van der Waals surface area contributed by atoms with Crippen LogP contribution in [0.15, 0.2) is 35.7 Å². The molecule has 1 atom stereocenters. The lowest BCUT2D eigenvalue weighted by molar-refractivity contribution is 0.0923. The van der Waals surface area contributed by atoms with Crippen molar-refractivity contribution in [1.82, 2.24) is 15.2 Å². The quantitative estimate of drug-likeness (QED) is 0.584. The number of H-pyrrole nitrogens is 1. The Balaban J connectivity index is 1.53. The first-order valence-electron chi connectivity index (χ1n) is 10.2. The Morgan fingerprint density at radius 2 is 2.10 bits per heavy atom. The first-order chi connectivity index (χ1) is 13.8. The normalized spacial score (nSPS) is 17.9. The summed E-state index contributed by atoms with van der Waals surface area (Å²) in [6.07, 6.45) is 2.23. The minimum atomic E-state index is -0.244. The van der Waals surface area contributed by atoms with Gasteiger partial charge in [-0.2, -0.15) is 0 Å². The fourth-order valence-corrected chi connectivity index (χ4v) is 4.81. The molecule has 3 heterocycles. The van der Waals surface area contributed by atoms with E-state index in [1.807, 2.05) is 32.2 Å². The molecule has 4 rings (SSSR count). The Hall–Kier alpha value is -2.15. The van der Waals surface area contributed by atoms with E-state index in [1.54, 1.807) is 0 Å². The first-order valence-corrected chi connectivity index (χ1v) is 11.1. The molecule has 3 N–H and O–H groups in total. The largest absolute Gasteiger partial charge is 0.395 e. The summed E-state index contributed by atoms with van der Waals surface area (Å²) in [5.41, 5.74) is 4.23. The van der Waals surface area contributed by atoms with Gasteiger partial charge in [-0.05, 0) is 80.9 Å². The van der Waals surface area contributed by atoms with Crippen LogP contribution in [0, 0.1) is 0 Å². The molecule has 1 aliphatic heterocycles. The summed E-state index contributed by atoms with van der Waals surface area (Å²) in [7, 11) is 0. The van der Waals surface area contributed by atoms with Crippen molar-refractivity contribution in [3.63, 3.8) is 0 Å². The third kappa shape index (κ3) is 4.55. The van der Waals surface area contributed by atoms with Gasteiger partial charge in [-0.1, -0.05) is 6.07 Å². The number of aromatic nitrogens is 1. The summed E-state index contributed by atoms with van der Waals surface area (Å²) in [6.45, 7) is 8.07. The van der Waals surface area contributed by atoms with Gasteiger partial charge in [0, 0.05) is 34.7 Å². The number of aromatic amines is 1. The van der Waals surface area contributed by atoms with Crippen LogP contribution in [-0.2, 0) is 6.54 Å². The van der Waals surface area contributed by atoms with Crippen molar-refractivity contribution in [2.45, 2.75) is 51.7 Å². The SMILES string of the molecule is CC(C)(C)NC(=O)c1cc(-c2ccc3[nH]c(CN4CCC[C@@H]4CO)cc3c2)cs1. The van der Waals surface area contributed by atoms with Crippen molar-refractivity contribution < 1.29 is 9.90 Å². The van der Waals surface area contributed by atoms with Crippen molar-refractivity contribution in [1.29, 1.82) is 0 Å². The van der Waals surface area contributed by atoms with E-state index >= 15 is 0 Å². The van der Waals surface area contributed by atoms with Crippen LogP contribution in [0.1, 0.15) is 49.0 Å². The zero-order valence-electron chi connectivity index (χ0n) is 17.3. The highest BCUT2D eigenvalue weighted by Crippen LogP contribution is 2.30. The molecular formula is C23H29N3O2S. The van der Waals surface area contributed by atoms with E-state index < -0.39 is 0 Å². The van der Waals surface area contributed by atoms with Crippen molar-refractivity contribution in [2.24, 2.45) is 0 Å². The lowest BCUT2D eigenvalue weighted by Gasteiger charge is -2.21. The van der Waals surface area contributed by atoms with Crippen LogP contribution < -0.4 is 5.32 Å². The van der Waals surface area contributed by atoms with Crippen LogP contribution in [0.2, 0.25) is 0 Å². The van der Waals surface area contributed by atoms with Gasteiger partial charge in [0.15, 0.2) is 0 Å². The van der Waals surface area contributed by atoms with Crippen LogP contribution in [0.4, 0.5) is 0 Å². The minimum Gasteiger partial charge on any atom is -0.395 e. The second-order valence-electron chi connectivity index (χ2n) is 8.95. The fourth-order valence-electron chi connectivity index (χ4n) is 4.00. The molecule has 1 saturated heterocycles. The van der Waals surface area contributed by atoms with Gasteiger partial charge in [-0.3, -0.25) is 9.69 Å². The number of rotatable bonds is 5. The van der Waals surface area contributed by atoms with E-state index in [0.29, 0.717) is 0 Å². The molecule has 0 saturated carbocycles. The molecule has 0 unspecified atom stereocenters. The summed E-state index contributed by atoms with van der Waals surface area (Å²) in [4.78, 5) is 19.0. The topological polar surface area (TPSA) is 68.4 Å². The second kappa shape index (κ2) is 7.94. The van der Waals surface area contributed by atoms with Crippen LogP contribution >= 0.6 is 11.3 Å². The molecule has 1 fully saturated rings. The molecule has 2 aromatic heterocycles. The van der Waals surface area contributed by atoms with Crippen molar-refractivity contribution in [3.05, 3.63) is 46.3 Å². The molecule has 0 bridgehead atoms. The Morgan fingerprint density at radius 3 is 2.86 bits per heavy atom. The number of hydrogen-bond donors (Lipinski definition) is 3. The predicted molar refractivity (Wildman–Crippen MR) is 119 cm³/mol. The van der Waals surface area contributed by atoms with E-state index in [1.165, 1.54) is 22.4 Å². The Kier molecular flexibility index (Phi) is 5.51. The van der Waals surface area contributed by atoms with E-state index in [2.05, 4.69) is 39.5 Å². The lowest BCUT2D eigenvalue weighted by Crippen LogP contribution is -2.40. The van der Waals surface area contributed by atoms with E-state index in [-0.39, 0.29) is 24.1 Å². The number of aliphatic hydroxyl groups is 1. The van der Waals surface area contributed by atoms with E-state index in [4.69, 9.17) is 0 Å². The molecule has 5 nitrogen and oxygen atoms in total. The molecular weight excluding hydrogens is 382 g/mol. The van der Waals surface area contributed by atoms with Gasteiger partial charge >= 0.3 is 0 Å². The van der Waals surface area contributed by atoms with Gasteiger partial charge in [-0.15, -0.1) is 11.3 Å². The smallest absolute Gasteiger partial charge is 0.261 e. The Morgan fingerprint density at radius 1 is 1.28 bits per heavy atom. The Bertz CT molecular complexity index is 1010. The number of fused-ring (bicyclic) bond motifs is 1. The molecule has 29 heavy (non-hydrogen) atoms. The van der Waals surface area contributed by atoms with Gasteiger partial charge in [0.25, 0.3) is 5.91 Å². The third-order valence-electron chi connectivity index (χ3n) is 5.40. The number of aliphatic hydroxyl groups excluding tert-OH is 1. The van der Waals surface area contributed by atoms with Crippen molar-refractivity contribution in [2.75, 3.05) is 13.2 Å². The molecule has 1 aliphatic rings. The molecule has 3 aromatic rings. The molecule has 1 amide bonds. The highest BCUT2D eigenvalue weighted by Gasteiger charge is 2.24. The predicted octanol–water partition coefficient (Wildman–Crippen LogP) is 4.38. The van der Waals surface area contributed by atoms with Gasteiger partial charge in [0.1, 0.15) is 0 Å². The lowest BCUT2D eigenvalue weighted by atomic mass is 10.1. The van der Waals surface area contributed by atoms with Crippen LogP contribution in [-0.4, -0.2) is 45.6 Å². The monoisotopic (exact) mass is 411 g/mol. The number of thiophene rings is 1. The average Bonchev–Trinajstić information content (AvgIpc) is 3.38. The zero-order valence-corrected chi connectivity index (χ0v) is 18.1. The third-order valence-corrected chi connectivity index (χ3v) is 6.33. The summed E-state index contributed by atoms with van der Waals surface area (Å²) >= 11 is 1.48. The molecule has 0 radical (unpaired) electrons. The van der Waals surface area contributed by atoms with Crippen LogP contribution in [0.5, 0.6) is 0 Å². The molecule has 0 spiro atoms. The maximum absolute atomic E-state index is 12.4. The van der Waals surface area contributed by atoms with Gasteiger partial charge < -0.3 is 15.4 Å². The summed E-state index contributed by atoms with van der Waals surface area (Å²) in [6, 6.07) is 10.8. The number of amides is 1. The molecule has 6 heteroatoms. The minimum absolute atomic E-state index is 0.0252. The number of hydrogen-bond acceptors (Lipinski definition) is 4. The Labute approximate surface area is 175 Å². The van der Waals surface area contributed by atoms with E-state index in [0.717, 1.165) is 47.5 Å². The summed E-state index contributed by atoms with van der Waals surface area (Å²) in [5.74, 6) is -0.0252. The maximum atomic E-state index is 12.4. The standard InChI is InChI=1S/C23H29N3O2S/c1-23(2,3)25-22(28)21-11-17(14-29-21)15-6-7-20-16(9-15)10-18(24-20)12-26-8-4-5-19(26)13-27/h6-7,9-11,14,19,24,27H,4-5,8,12-13H2,1-3H3,(H,25,28)/t19-/m1/s1.